The fourth-order valence-corrected chi connectivity index (χ4v) is 4.72. The standard InChI is InChI=1S/C18H26N2O3/c21-17(19-8-2-1-3-9-19)13-20-14-6-7-15(20)12-18(22,11-14)16-5-4-10-23-16/h4-5,10,14-15,22H,1-3,6-9,11-13H2/t14-,15+,18?. The molecule has 2 bridgehead atoms. The fraction of sp³-hybridized carbons (Fsp3) is 0.722. The van der Waals surface area contributed by atoms with E-state index in [1.807, 2.05) is 17.0 Å². The molecule has 1 N–H and O–H groups in total. The van der Waals surface area contributed by atoms with Crippen LogP contribution < -0.4 is 0 Å². The SMILES string of the molecule is O=C(CN1[C@@H]2CC[C@H]1CC(O)(c1ccco1)C2)N1CCCCC1. The van der Waals surface area contributed by atoms with Crippen LogP contribution in [0.4, 0.5) is 0 Å². The van der Waals surface area contributed by atoms with Gasteiger partial charge in [-0.15, -0.1) is 0 Å². The van der Waals surface area contributed by atoms with Gasteiger partial charge in [0.1, 0.15) is 11.4 Å². The lowest BCUT2D eigenvalue weighted by molar-refractivity contribution is -0.137. The number of likely N-dealkylation sites (tertiary alicyclic amines) is 1. The Hall–Kier alpha value is -1.33. The van der Waals surface area contributed by atoms with Gasteiger partial charge in [0.2, 0.25) is 5.91 Å². The second kappa shape index (κ2) is 5.95. The van der Waals surface area contributed by atoms with Gasteiger partial charge >= 0.3 is 0 Å². The predicted octanol–water partition coefficient (Wildman–Crippen LogP) is 2.11. The summed E-state index contributed by atoms with van der Waals surface area (Å²) in [5.41, 5.74) is -0.861. The molecular formula is C18H26N2O3. The fourth-order valence-electron chi connectivity index (χ4n) is 4.72. The Balaban J connectivity index is 1.43. The second-order valence-corrected chi connectivity index (χ2v) is 7.42. The van der Waals surface area contributed by atoms with E-state index in [1.165, 1.54) is 6.42 Å². The molecule has 4 heterocycles. The molecule has 3 aliphatic heterocycles. The maximum atomic E-state index is 12.6. The van der Waals surface area contributed by atoms with E-state index in [1.54, 1.807) is 6.26 Å². The van der Waals surface area contributed by atoms with Gasteiger partial charge in [-0.2, -0.15) is 0 Å². The van der Waals surface area contributed by atoms with E-state index < -0.39 is 5.60 Å². The van der Waals surface area contributed by atoms with Crippen molar-refractivity contribution in [3.8, 4) is 0 Å². The number of fused-ring (bicyclic) bond motifs is 2. The molecule has 4 rings (SSSR count). The molecule has 1 aromatic rings. The Morgan fingerprint density at radius 1 is 1.22 bits per heavy atom. The van der Waals surface area contributed by atoms with Gasteiger partial charge < -0.3 is 14.4 Å². The van der Waals surface area contributed by atoms with Crippen molar-refractivity contribution < 1.29 is 14.3 Å². The average molecular weight is 318 g/mol. The van der Waals surface area contributed by atoms with Crippen LogP contribution >= 0.6 is 0 Å². The first kappa shape index (κ1) is 15.2. The van der Waals surface area contributed by atoms with Crippen molar-refractivity contribution in [3.63, 3.8) is 0 Å². The summed E-state index contributed by atoms with van der Waals surface area (Å²) < 4.78 is 5.47. The predicted molar refractivity (Wildman–Crippen MR) is 85.8 cm³/mol. The summed E-state index contributed by atoms with van der Waals surface area (Å²) in [7, 11) is 0. The number of rotatable bonds is 3. The highest BCUT2D eigenvalue weighted by atomic mass is 16.4. The highest BCUT2D eigenvalue weighted by Crippen LogP contribution is 2.45. The smallest absolute Gasteiger partial charge is 0.236 e. The highest BCUT2D eigenvalue weighted by Gasteiger charge is 2.50. The summed E-state index contributed by atoms with van der Waals surface area (Å²) in [6, 6.07) is 4.28. The minimum Gasteiger partial charge on any atom is -0.466 e. The number of aliphatic hydroxyl groups is 1. The lowest BCUT2D eigenvalue weighted by Gasteiger charge is -2.43. The van der Waals surface area contributed by atoms with E-state index in [-0.39, 0.29) is 18.0 Å². The number of carbonyl (C=O) groups excluding carboxylic acids is 1. The van der Waals surface area contributed by atoms with Crippen LogP contribution in [0.15, 0.2) is 22.8 Å². The zero-order valence-electron chi connectivity index (χ0n) is 13.6. The average Bonchev–Trinajstić information content (AvgIpc) is 3.18. The Morgan fingerprint density at radius 2 is 1.91 bits per heavy atom. The van der Waals surface area contributed by atoms with Gasteiger partial charge in [-0.1, -0.05) is 0 Å². The first-order valence-corrected chi connectivity index (χ1v) is 8.96. The number of nitrogens with zero attached hydrogens (tertiary/aromatic N) is 2. The quantitative estimate of drug-likeness (QED) is 0.927. The summed E-state index contributed by atoms with van der Waals surface area (Å²) in [4.78, 5) is 16.9. The summed E-state index contributed by atoms with van der Waals surface area (Å²) in [6.07, 6.45) is 8.63. The summed E-state index contributed by atoms with van der Waals surface area (Å²) in [6.45, 7) is 2.35. The number of hydrogen-bond donors (Lipinski definition) is 1. The van der Waals surface area contributed by atoms with Crippen LogP contribution in [0.5, 0.6) is 0 Å². The van der Waals surface area contributed by atoms with Crippen molar-refractivity contribution in [3.05, 3.63) is 24.2 Å². The van der Waals surface area contributed by atoms with Crippen LogP contribution in [0.3, 0.4) is 0 Å². The summed E-state index contributed by atoms with van der Waals surface area (Å²) in [5, 5.41) is 11.0. The molecule has 3 saturated heterocycles. The molecule has 5 nitrogen and oxygen atoms in total. The van der Waals surface area contributed by atoms with Crippen molar-refractivity contribution in [2.24, 2.45) is 0 Å². The second-order valence-electron chi connectivity index (χ2n) is 7.42. The molecule has 23 heavy (non-hydrogen) atoms. The number of piperidine rings is 2. The molecule has 126 valence electrons. The third kappa shape index (κ3) is 2.81. The van der Waals surface area contributed by atoms with Crippen molar-refractivity contribution in [2.75, 3.05) is 19.6 Å². The first-order valence-electron chi connectivity index (χ1n) is 8.96. The Kier molecular flexibility index (Phi) is 3.93. The lowest BCUT2D eigenvalue weighted by atomic mass is 9.84. The van der Waals surface area contributed by atoms with Crippen molar-refractivity contribution in [2.45, 2.75) is 62.6 Å². The maximum absolute atomic E-state index is 12.6. The molecule has 0 spiro atoms. The maximum Gasteiger partial charge on any atom is 0.236 e. The Bertz CT molecular complexity index is 537. The van der Waals surface area contributed by atoms with E-state index in [9.17, 15) is 9.90 Å². The molecule has 0 saturated carbocycles. The van der Waals surface area contributed by atoms with Gasteiger partial charge in [-0.05, 0) is 57.1 Å². The number of hydrogen-bond acceptors (Lipinski definition) is 4. The van der Waals surface area contributed by atoms with E-state index in [4.69, 9.17) is 4.42 Å². The minimum atomic E-state index is -0.861. The molecule has 0 radical (unpaired) electrons. The lowest BCUT2D eigenvalue weighted by Crippen LogP contribution is -2.53. The third-order valence-corrected chi connectivity index (χ3v) is 5.92. The summed E-state index contributed by atoms with van der Waals surface area (Å²) >= 11 is 0. The van der Waals surface area contributed by atoms with Crippen LogP contribution in [-0.2, 0) is 10.4 Å². The number of carbonyl (C=O) groups is 1. The number of furan rings is 1. The molecule has 0 aliphatic carbocycles. The Labute approximate surface area is 137 Å². The zero-order valence-corrected chi connectivity index (χ0v) is 13.6. The molecule has 3 atom stereocenters. The minimum absolute atomic E-state index is 0.269. The van der Waals surface area contributed by atoms with Crippen LogP contribution in [0.1, 0.15) is 50.7 Å². The van der Waals surface area contributed by atoms with Gasteiger partial charge in [0.15, 0.2) is 0 Å². The van der Waals surface area contributed by atoms with Crippen LogP contribution in [-0.4, -0.2) is 52.5 Å². The van der Waals surface area contributed by atoms with Crippen LogP contribution in [0.2, 0.25) is 0 Å². The zero-order chi connectivity index (χ0) is 15.9. The molecule has 1 amide bonds. The highest BCUT2D eigenvalue weighted by molar-refractivity contribution is 5.78. The van der Waals surface area contributed by atoms with Gasteiger partial charge in [0, 0.05) is 25.2 Å². The van der Waals surface area contributed by atoms with Crippen molar-refractivity contribution in [1.82, 2.24) is 9.80 Å². The molecule has 1 aromatic heterocycles. The molecular weight excluding hydrogens is 292 g/mol. The van der Waals surface area contributed by atoms with Crippen LogP contribution in [0.25, 0.3) is 0 Å². The molecule has 1 unspecified atom stereocenters. The first-order chi connectivity index (χ1) is 11.2. The molecule has 3 aliphatic rings. The molecule has 0 aromatic carbocycles. The normalized spacial score (nSPS) is 34.7. The molecule has 5 heteroatoms. The van der Waals surface area contributed by atoms with E-state index in [2.05, 4.69) is 4.90 Å². The van der Waals surface area contributed by atoms with E-state index >= 15 is 0 Å². The monoisotopic (exact) mass is 318 g/mol. The number of amides is 1. The topological polar surface area (TPSA) is 56.9 Å². The Morgan fingerprint density at radius 3 is 2.52 bits per heavy atom. The van der Waals surface area contributed by atoms with Crippen molar-refractivity contribution >= 4 is 5.91 Å². The third-order valence-electron chi connectivity index (χ3n) is 5.92. The largest absolute Gasteiger partial charge is 0.466 e. The van der Waals surface area contributed by atoms with Crippen molar-refractivity contribution in [1.29, 1.82) is 0 Å². The van der Waals surface area contributed by atoms with E-state index in [0.717, 1.165) is 38.8 Å². The van der Waals surface area contributed by atoms with Gasteiger partial charge in [-0.3, -0.25) is 9.69 Å². The van der Waals surface area contributed by atoms with Gasteiger partial charge in [0.25, 0.3) is 0 Å². The van der Waals surface area contributed by atoms with E-state index in [0.29, 0.717) is 25.1 Å². The van der Waals surface area contributed by atoms with Gasteiger partial charge in [-0.25, -0.2) is 0 Å². The van der Waals surface area contributed by atoms with Gasteiger partial charge in [0.05, 0.1) is 12.8 Å². The molecule has 3 fully saturated rings. The summed E-state index contributed by atoms with van der Waals surface area (Å²) in [5.74, 6) is 0.946. The van der Waals surface area contributed by atoms with Crippen LogP contribution in [0, 0.1) is 0 Å².